The van der Waals surface area contributed by atoms with E-state index in [4.69, 9.17) is 15.9 Å². The Balaban J connectivity index is 1.75. The lowest BCUT2D eigenvalue weighted by Crippen LogP contribution is -2.15. The Morgan fingerprint density at radius 2 is 1.86 bits per heavy atom. The standard InChI is InChI=1S/C17H17N3O2/c18-16(19)11-3-5-12(6-4-11)17(21)20-14-7-8-15-13(10-14)2-1-9-22-15/h3-8,10H,1-2,9H2,(H3,18,19)(H,20,21). The van der Waals surface area contributed by atoms with E-state index in [1.165, 1.54) is 0 Å². The molecule has 5 heteroatoms. The van der Waals surface area contributed by atoms with Crippen molar-refractivity contribution in [3.05, 3.63) is 59.2 Å². The lowest BCUT2D eigenvalue weighted by Gasteiger charge is -2.18. The molecule has 0 fully saturated rings. The van der Waals surface area contributed by atoms with Gasteiger partial charge in [-0.2, -0.15) is 0 Å². The summed E-state index contributed by atoms with van der Waals surface area (Å²) in [6.45, 7) is 0.751. The van der Waals surface area contributed by atoms with Gasteiger partial charge in [0.2, 0.25) is 0 Å². The van der Waals surface area contributed by atoms with E-state index in [9.17, 15) is 4.79 Å². The Bertz CT molecular complexity index is 723. The SMILES string of the molecule is N=C(N)c1ccc(C(=O)Nc2ccc3c(c2)CCCO3)cc1. The first-order valence-electron chi connectivity index (χ1n) is 7.15. The second kappa shape index (κ2) is 5.89. The predicted octanol–water partition coefficient (Wildman–Crippen LogP) is 2.55. The number of nitrogens with one attached hydrogen (secondary N) is 2. The monoisotopic (exact) mass is 295 g/mol. The van der Waals surface area contributed by atoms with Crippen LogP contribution in [-0.2, 0) is 6.42 Å². The number of amidine groups is 1. The third-order valence-corrected chi connectivity index (χ3v) is 3.62. The molecular weight excluding hydrogens is 278 g/mol. The zero-order valence-corrected chi connectivity index (χ0v) is 12.1. The fourth-order valence-corrected chi connectivity index (χ4v) is 2.44. The smallest absolute Gasteiger partial charge is 0.255 e. The van der Waals surface area contributed by atoms with Crippen LogP contribution < -0.4 is 15.8 Å². The number of nitrogen functional groups attached to an aromatic ring is 1. The van der Waals surface area contributed by atoms with E-state index < -0.39 is 0 Å². The molecule has 1 aliphatic heterocycles. The molecule has 0 saturated carbocycles. The van der Waals surface area contributed by atoms with Gasteiger partial charge < -0.3 is 15.8 Å². The van der Waals surface area contributed by atoms with Gasteiger partial charge in [0.1, 0.15) is 11.6 Å². The van der Waals surface area contributed by atoms with Crippen LogP contribution in [0.15, 0.2) is 42.5 Å². The molecule has 0 spiro atoms. The third-order valence-electron chi connectivity index (χ3n) is 3.62. The molecule has 4 N–H and O–H groups in total. The van der Waals surface area contributed by atoms with Gasteiger partial charge in [-0.05, 0) is 48.7 Å². The van der Waals surface area contributed by atoms with E-state index in [2.05, 4.69) is 5.32 Å². The summed E-state index contributed by atoms with van der Waals surface area (Å²) < 4.78 is 5.56. The average Bonchev–Trinajstić information content (AvgIpc) is 2.55. The Morgan fingerprint density at radius 1 is 1.14 bits per heavy atom. The Kier molecular flexibility index (Phi) is 3.78. The van der Waals surface area contributed by atoms with Gasteiger partial charge in [-0.15, -0.1) is 0 Å². The molecular formula is C17H17N3O2. The topological polar surface area (TPSA) is 88.2 Å². The molecule has 1 aliphatic rings. The molecule has 0 atom stereocenters. The van der Waals surface area contributed by atoms with Crippen LogP contribution in [0.2, 0.25) is 0 Å². The maximum Gasteiger partial charge on any atom is 0.255 e. The highest BCUT2D eigenvalue weighted by Crippen LogP contribution is 2.27. The van der Waals surface area contributed by atoms with Crippen molar-refractivity contribution >= 4 is 17.4 Å². The molecule has 0 aromatic heterocycles. The quantitative estimate of drug-likeness (QED) is 0.600. The second-order valence-corrected chi connectivity index (χ2v) is 5.22. The summed E-state index contributed by atoms with van der Waals surface area (Å²) in [5, 5.41) is 10.2. The van der Waals surface area contributed by atoms with Crippen LogP contribution in [-0.4, -0.2) is 18.3 Å². The van der Waals surface area contributed by atoms with Gasteiger partial charge in [-0.3, -0.25) is 10.2 Å². The Morgan fingerprint density at radius 3 is 2.59 bits per heavy atom. The first kappa shape index (κ1) is 14.1. The van der Waals surface area contributed by atoms with E-state index >= 15 is 0 Å². The van der Waals surface area contributed by atoms with Crippen LogP contribution in [0.3, 0.4) is 0 Å². The van der Waals surface area contributed by atoms with Gasteiger partial charge in [0.15, 0.2) is 0 Å². The summed E-state index contributed by atoms with van der Waals surface area (Å²) in [6, 6.07) is 12.3. The lowest BCUT2D eigenvalue weighted by molar-refractivity contribution is 0.102. The maximum atomic E-state index is 12.2. The molecule has 0 unspecified atom stereocenters. The largest absolute Gasteiger partial charge is 0.493 e. The zero-order valence-electron chi connectivity index (χ0n) is 12.1. The van der Waals surface area contributed by atoms with Gasteiger partial charge in [0.25, 0.3) is 5.91 Å². The van der Waals surface area contributed by atoms with Gasteiger partial charge in [0, 0.05) is 16.8 Å². The fraction of sp³-hybridized carbons (Fsp3) is 0.176. The molecule has 2 aromatic rings. The number of anilines is 1. The summed E-state index contributed by atoms with van der Waals surface area (Å²) in [5.74, 6) is 0.698. The molecule has 5 nitrogen and oxygen atoms in total. The summed E-state index contributed by atoms with van der Waals surface area (Å²) in [5.41, 5.74) is 8.40. The number of aryl methyl sites for hydroxylation is 1. The van der Waals surface area contributed by atoms with E-state index in [1.54, 1.807) is 24.3 Å². The molecule has 3 rings (SSSR count). The minimum absolute atomic E-state index is 0.0124. The number of amides is 1. The first-order chi connectivity index (χ1) is 10.6. The van der Waals surface area contributed by atoms with Crippen LogP contribution >= 0.6 is 0 Å². The predicted molar refractivity (Wildman–Crippen MR) is 85.7 cm³/mol. The normalized spacial score (nSPS) is 12.9. The number of ether oxygens (including phenoxy) is 1. The highest BCUT2D eigenvalue weighted by molar-refractivity contribution is 6.05. The molecule has 0 aliphatic carbocycles. The number of hydrogen-bond acceptors (Lipinski definition) is 3. The second-order valence-electron chi connectivity index (χ2n) is 5.22. The number of rotatable bonds is 3. The van der Waals surface area contributed by atoms with E-state index in [-0.39, 0.29) is 11.7 Å². The fourth-order valence-electron chi connectivity index (χ4n) is 2.44. The zero-order chi connectivity index (χ0) is 15.5. The molecule has 0 bridgehead atoms. The summed E-state index contributed by atoms with van der Waals surface area (Å²) in [6.07, 6.45) is 1.96. The summed E-state index contributed by atoms with van der Waals surface area (Å²) in [7, 11) is 0. The van der Waals surface area contributed by atoms with Crippen LogP contribution in [0.4, 0.5) is 5.69 Å². The number of fused-ring (bicyclic) bond motifs is 1. The molecule has 22 heavy (non-hydrogen) atoms. The van der Waals surface area contributed by atoms with Crippen molar-refractivity contribution in [3.8, 4) is 5.75 Å². The van der Waals surface area contributed by atoms with Gasteiger partial charge in [-0.1, -0.05) is 12.1 Å². The van der Waals surface area contributed by atoms with Gasteiger partial charge in [-0.25, -0.2) is 0 Å². The highest BCUT2D eigenvalue weighted by atomic mass is 16.5. The lowest BCUT2D eigenvalue weighted by atomic mass is 10.1. The molecule has 112 valence electrons. The number of carbonyl (C=O) groups is 1. The average molecular weight is 295 g/mol. The molecule has 2 aromatic carbocycles. The maximum absolute atomic E-state index is 12.2. The summed E-state index contributed by atoms with van der Waals surface area (Å²) in [4.78, 5) is 12.2. The summed E-state index contributed by atoms with van der Waals surface area (Å²) >= 11 is 0. The van der Waals surface area contributed by atoms with Crippen molar-refractivity contribution in [2.24, 2.45) is 5.73 Å². The number of hydrogen-bond donors (Lipinski definition) is 3. The molecule has 1 amide bonds. The minimum Gasteiger partial charge on any atom is -0.493 e. The van der Waals surface area contributed by atoms with Crippen molar-refractivity contribution in [1.82, 2.24) is 0 Å². The minimum atomic E-state index is -0.188. The number of nitrogens with two attached hydrogens (primary N) is 1. The Labute approximate surface area is 128 Å². The number of benzene rings is 2. The van der Waals surface area contributed by atoms with Crippen LogP contribution in [0.1, 0.15) is 27.9 Å². The van der Waals surface area contributed by atoms with Gasteiger partial charge in [0.05, 0.1) is 6.61 Å². The van der Waals surface area contributed by atoms with Gasteiger partial charge >= 0.3 is 0 Å². The van der Waals surface area contributed by atoms with Crippen molar-refractivity contribution in [1.29, 1.82) is 5.41 Å². The highest BCUT2D eigenvalue weighted by Gasteiger charge is 2.12. The van der Waals surface area contributed by atoms with Crippen LogP contribution in [0.25, 0.3) is 0 Å². The first-order valence-corrected chi connectivity index (χ1v) is 7.15. The molecule has 0 saturated heterocycles. The molecule has 1 heterocycles. The van der Waals surface area contributed by atoms with Crippen LogP contribution in [0, 0.1) is 5.41 Å². The Hall–Kier alpha value is -2.82. The van der Waals surface area contributed by atoms with E-state index in [0.717, 1.165) is 36.4 Å². The van der Waals surface area contributed by atoms with Crippen molar-refractivity contribution in [3.63, 3.8) is 0 Å². The van der Waals surface area contributed by atoms with Crippen molar-refractivity contribution in [2.75, 3.05) is 11.9 Å². The van der Waals surface area contributed by atoms with Crippen molar-refractivity contribution < 1.29 is 9.53 Å². The third kappa shape index (κ3) is 2.93. The van der Waals surface area contributed by atoms with E-state index in [0.29, 0.717) is 11.1 Å². The van der Waals surface area contributed by atoms with E-state index in [1.807, 2.05) is 18.2 Å². The molecule has 0 radical (unpaired) electrons. The van der Waals surface area contributed by atoms with Crippen molar-refractivity contribution in [2.45, 2.75) is 12.8 Å². The number of carbonyl (C=O) groups excluding carboxylic acids is 1. The van der Waals surface area contributed by atoms with Crippen LogP contribution in [0.5, 0.6) is 5.75 Å².